The van der Waals surface area contributed by atoms with Crippen molar-refractivity contribution in [3.63, 3.8) is 0 Å². The van der Waals surface area contributed by atoms with E-state index in [4.69, 9.17) is 5.73 Å². The van der Waals surface area contributed by atoms with Gasteiger partial charge < -0.3 is 5.73 Å². The minimum absolute atomic E-state index is 0.138. The van der Waals surface area contributed by atoms with Crippen molar-refractivity contribution < 1.29 is 18.5 Å². The van der Waals surface area contributed by atoms with Gasteiger partial charge in [-0.2, -0.15) is 0 Å². The molecule has 5 nitrogen and oxygen atoms in total. The zero-order chi connectivity index (χ0) is 12.5. The fraction of sp³-hybridized carbons (Fsp3) is 0.222. The third kappa shape index (κ3) is 1.97. The van der Waals surface area contributed by atoms with Crippen molar-refractivity contribution in [2.24, 2.45) is 0 Å². The summed E-state index contributed by atoms with van der Waals surface area (Å²) in [6.45, 7) is 1.15. The van der Waals surface area contributed by atoms with Crippen molar-refractivity contribution in [3.8, 4) is 0 Å². The molecule has 0 bridgehead atoms. The summed E-state index contributed by atoms with van der Waals surface area (Å²) >= 11 is 0. The molecular formula is C9H8F2N2O3. The highest BCUT2D eigenvalue weighted by atomic mass is 19.3. The van der Waals surface area contributed by atoms with Gasteiger partial charge in [0.15, 0.2) is 5.78 Å². The van der Waals surface area contributed by atoms with Crippen molar-refractivity contribution in [3.05, 3.63) is 33.4 Å². The van der Waals surface area contributed by atoms with Gasteiger partial charge in [-0.25, -0.2) is 8.78 Å². The molecular weight excluding hydrogens is 222 g/mol. The number of halogens is 2. The highest BCUT2D eigenvalue weighted by Crippen LogP contribution is 2.35. The van der Waals surface area contributed by atoms with Gasteiger partial charge in [0, 0.05) is 11.6 Å². The molecule has 2 N–H and O–H groups in total. The minimum Gasteiger partial charge on any atom is -0.398 e. The predicted octanol–water partition coefficient (Wildman–Crippen LogP) is 2.32. The molecule has 0 atom stereocenters. The molecule has 0 fully saturated rings. The standard InChI is InChI=1S/C9H8F2N2O3/c1-4(14)5-2-3-6(13(15)16)7(8(5)12)9(10)11/h2-3,9H,12H2,1H3. The number of rotatable bonds is 3. The molecule has 0 aliphatic heterocycles. The van der Waals surface area contributed by atoms with Gasteiger partial charge >= 0.3 is 0 Å². The highest BCUT2D eigenvalue weighted by Gasteiger charge is 2.27. The van der Waals surface area contributed by atoms with E-state index in [0.717, 1.165) is 19.1 Å². The van der Waals surface area contributed by atoms with Crippen LogP contribution in [-0.4, -0.2) is 10.7 Å². The summed E-state index contributed by atoms with van der Waals surface area (Å²) in [6.07, 6.45) is -3.10. The summed E-state index contributed by atoms with van der Waals surface area (Å²) in [4.78, 5) is 20.6. The largest absolute Gasteiger partial charge is 0.398 e. The van der Waals surface area contributed by atoms with Gasteiger partial charge in [0.25, 0.3) is 12.1 Å². The lowest BCUT2D eigenvalue weighted by Crippen LogP contribution is -2.07. The fourth-order valence-electron chi connectivity index (χ4n) is 1.32. The number of nitrogens with zero attached hydrogens (tertiary/aromatic N) is 1. The number of nitrogen functional groups attached to an aromatic ring is 1. The summed E-state index contributed by atoms with van der Waals surface area (Å²) in [5.74, 6) is -0.519. The number of nitro benzene ring substituents is 1. The van der Waals surface area contributed by atoms with Crippen molar-refractivity contribution in [2.75, 3.05) is 5.73 Å². The van der Waals surface area contributed by atoms with Crippen LogP contribution in [0.2, 0.25) is 0 Å². The lowest BCUT2D eigenvalue weighted by atomic mass is 10.0. The molecule has 1 aromatic rings. The second-order valence-electron chi connectivity index (χ2n) is 3.07. The van der Waals surface area contributed by atoms with Crippen LogP contribution in [0.1, 0.15) is 29.3 Å². The average molecular weight is 230 g/mol. The Morgan fingerprint density at radius 2 is 2.06 bits per heavy atom. The van der Waals surface area contributed by atoms with Crippen LogP contribution in [0.5, 0.6) is 0 Å². The van der Waals surface area contributed by atoms with E-state index in [2.05, 4.69) is 0 Å². The van der Waals surface area contributed by atoms with Gasteiger partial charge in [0.1, 0.15) is 5.56 Å². The fourth-order valence-corrected chi connectivity index (χ4v) is 1.32. The van der Waals surface area contributed by atoms with Crippen LogP contribution in [-0.2, 0) is 0 Å². The second-order valence-corrected chi connectivity index (χ2v) is 3.07. The Morgan fingerprint density at radius 1 is 1.50 bits per heavy atom. The van der Waals surface area contributed by atoms with E-state index in [1.165, 1.54) is 0 Å². The van der Waals surface area contributed by atoms with E-state index in [9.17, 15) is 23.7 Å². The maximum Gasteiger partial charge on any atom is 0.280 e. The number of ketones is 1. The first kappa shape index (κ1) is 12.0. The molecule has 1 rings (SSSR count). The number of nitro groups is 1. The van der Waals surface area contributed by atoms with Crippen molar-refractivity contribution in [1.82, 2.24) is 0 Å². The molecule has 86 valence electrons. The summed E-state index contributed by atoms with van der Waals surface area (Å²) in [5, 5.41) is 10.5. The van der Waals surface area contributed by atoms with E-state index in [1.54, 1.807) is 0 Å². The number of hydrogen-bond acceptors (Lipinski definition) is 4. The molecule has 0 heterocycles. The molecule has 0 spiro atoms. The van der Waals surface area contributed by atoms with Crippen molar-refractivity contribution in [1.29, 1.82) is 0 Å². The summed E-state index contributed by atoms with van der Waals surface area (Å²) < 4.78 is 25.2. The predicted molar refractivity (Wildman–Crippen MR) is 52.5 cm³/mol. The van der Waals surface area contributed by atoms with Crippen LogP contribution in [0.4, 0.5) is 20.2 Å². The zero-order valence-electron chi connectivity index (χ0n) is 8.24. The second kappa shape index (κ2) is 4.21. The first-order valence-corrected chi connectivity index (χ1v) is 4.22. The number of carbonyl (C=O) groups is 1. The smallest absolute Gasteiger partial charge is 0.280 e. The lowest BCUT2D eigenvalue weighted by molar-refractivity contribution is -0.386. The third-order valence-electron chi connectivity index (χ3n) is 2.06. The SMILES string of the molecule is CC(=O)c1ccc([N+](=O)[O-])c(C(F)F)c1N. The Bertz CT molecular complexity index is 460. The number of benzene rings is 1. The molecule has 0 aliphatic carbocycles. The van der Waals surface area contributed by atoms with Gasteiger partial charge in [0.2, 0.25) is 0 Å². The van der Waals surface area contributed by atoms with Crippen LogP contribution in [0, 0.1) is 10.1 Å². The van der Waals surface area contributed by atoms with Crippen LogP contribution >= 0.6 is 0 Å². The Morgan fingerprint density at radius 3 is 2.44 bits per heavy atom. The number of nitrogens with two attached hydrogens (primary N) is 1. The average Bonchev–Trinajstić information content (AvgIpc) is 2.15. The molecule has 16 heavy (non-hydrogen) atoms. The summed E-state index contributed by atoms with van der Waals surface area (Å²) in [5.41, 5.74) is 2.96. The molecule has 0 aromatic heterocycles. The van der Waals surface area contributed by atoms with Gasteiger partial charge in [-0.15, -0.1) is 0 Å². The van der Waals surface area contributed by atoms with Crippen LogP contribution < -0.4 is 5.73 Å². The third-order valence-corrected chi connectivity index (χ3v) is 2.06. The number of carbonyl (C=O) groups excluding carboxylic acids is 1. The normalized spacial score (nSPS) is 10.5. The van der Waals surface area contributed by atoms with E-state index < -0.39 is 34.1 Å². The molecule has 0 aliphatic rings. The van der Waals surface area contributed by atoms with Gasteiger partial charge in [-0.05, 0) is 13.0 Å². The number of Topliss-reactive ketones (excluding diaryl/α,β-unsaturated/α-hetero) is 1. The Labute approximate surface area is 89.0 Å². The maximum absolute atomic E-state index is 12.6. The van der Waals surface area contributed by atoms with E-state index in [-0.39, 0.29) is 5.56 Å². The van der Waals surface area contributed by atoms with E-state index >= 15 is 0 Å². The molecule has 1 aromatic carbocycles. The van der Waals surface area contributed by atoms with Gasteiger partial charge in [-0.1, -0.05) is 0 Å². The minimum atomic E-state index is -3.10. The monoisotopic (exact) mass is 230 g/mol. The lowest BCUT2D eigenvalue weighted by Gasteiger charge is -2.08. The number of hydrogen-bond donors (Lipinski definition) is 1. The first-order valence-electron chi connectivity index (χ1n) is 4.22. The molecule has 0 radical (unpaired) electrons. The molecule has 0 unspecified atom stereocenters. The summed E-state index contributed by atoms with van der Waals surface area (Å²) in [7, 11) is 0. The molecule has 0 saturated carbocycles. The van der Waals surface area contributed by atoms with Crippen molar-refractivity contribution >= 4 is 17.2 Å². The first-order chi connectivity index (χ1) is 7.36. The Balaban J connectivity index is 3.54. The maximum atomic E-state index is 12.6. The van der Waals surface area contributed by atoms with Crippen LogP contribution in [0.25, 0.3) is 0 Å². The molecule has 0 saturated heterocycles. The number of alkyl halides is 2. The Hall–Kier alpha value is -2.05. The van der Waals surface area contributed by atoms with E-state index in [1.807, 2.05) is 0 Å². The number of anilines is 1. The van der Waals surface area contributed by atoms with Crippen molar-refractivity contribution in [2.45, 2.75) is 13.3 Å². The Kier molecular flexibility index (Phi) is 3.17. The summed E-state index contributed by atoms with van der Waals surface area (Å²) in [6, 6.07) is 1.93. The van der Waals surface area contributed by atoms with Crippen LogP contribution in [0.3, 0.4) is 0 Å². The highest BCUT2D eigenvalue weighted by molar-refractivity contribution is 6.00. The topological polar surface area (TPSA) is 86.2 Å². The van der Waals surface area contributed by atoms with Gasteiger partial charge in [-0.3, -0.25) is 14.9 Å². The quantitative estimate of drug-likeness (QED) is 0.373. The zero-order valence-corrected chi connectivity index (χ0v) is 8.24. The molecule has 0 amide bonds. The van der Waals surface area contributed by atoms with Crippen LogP contribution in [0.15, 0.2) is 12.1 Å². The van der Waals surface area contributed by atoms with E-state index in [0.29, 0.717) is 0 Å². The van der Waals surface area contributed by atoms with Gasteiger partial charge in [0.05, 0.1) is 10.6 Å². The molecule has 7 heteroatoms.